The van der Waals surface area contributed by atoms with Crippen molar-refractivity contribution in [3.8, 4) is 11.1 Å². The Bertz CT molecular complexity index is 1370. The molecule has 2 aliphatic rings. The topological polar surface area (TPSA) is 122 Å². The number of carboxylic acid groups (broad SMARTS) is 1. The quantitative estimate of drug-likeness (QED) is 0.241. The van der Waals surface area contributed by atoms with Crippen LogP contribution in [-0.2, 0) is 29.8 Å². The lowest BCUT2D eigenvalue weighted by Crippen LogP contribution is -2.46. The van der Waals surface area contributed by atoms with E-state index in [1.54, 1.807) is 12.1 Å². The van der Waals surface area contributed by atoms with Gasteiger partial charge >= 0.3 is 11.9 Å². The summed E-state index contributed by atoms with van der Waals surface area (Å²) in [4.78, 5) is 49.5. The third-order valence-electron chi connectivity index (χ3n) is 7.83. The molecule has 0 aromatic heterocycles. The van der Waals surface area contributed by atoms with Crippen molar-refractivity contribution in [1.29, 1.82) is 0 Å². The molecule has 2 amide bonds. The number of unbranched alkanes of at least 4 members (excludes halogenated alkanes) is 4. The van der Waals surface area contributed by atoms with Gasteiger partial charge in [0.1, 0.15) is 6.04 Å². The number of fused-ring (bicyclic) bond motifs is 3. The van der Waals surface area contributed by atoms with Gasteiger partial charge in [0.05, 0.1) is 26.8 Å². The molecule has 2 N–H and O–H groups in total. The molecule has 1 saturated heterocycles. The number of nitrogens with one attached hydrogen (secondary N) is 1. The highest BCUT2D eigenvalue weighted by Gasteiger charge is 2.50. The molecule has 4 rings (SSSR count). The van der Waals surface area contributed by atoms with Crippen molar-refractivity contribution >= 4 is 23.8 Å². The van der Waals surface area contributed by atoms with Gasteiger partial charge in [0.15, 0.2) is 5.67 Å². The number of carbonyl (C=O) groups is 4. The van der Waals surface area contributed by atoms with E-state index in [0.29, 0.717) is 18.4 Å². The molecule has 0 unspecified atom stereocenters. The van der Waals surface area contributed by atoms with E-state index in [9.17, 15) is 33.1 Å². The number of methoxy groups -OCH3 is 1. The largest absolute Gasteiger partial charge is 0.480 e. The molecule has 0 radical (unpaired) electrons. The van der Waals surface area contributed by atoms with Gasteiger partial charge in [0, 0.05) is 36.1 Å². The van der Waals surface area contributed by atoms with Crippen molar-refractivity contribution in [1.82, 2.24) is 10.2 Å². The van der Waals surface area contributed by atoms with Crippen molar-refractivity contribution < 1.29 is 46.9 Å². The molecule has 12 heteroatoms. The number of hydrogen-bond acceptors (Lipinski definition) is 6. The normalized spacial score (nSPS) is 19.9. The number of ether oxygens (including phenoxy) is 2. The number of carboxylic acids is 1. The van der Waals surface area contributed by atoms with E-state index < -0.39 is 54.9 Å². The fourth-order valence-corrected chi connectivity index (χ4v) is 5.56. The number of hydrogen-bond donors (Lipinski definition) is 2. The summed E-state index contributed by atoms with van der Waals surface area (Å²) < 4.78 is 55.2. The Hall–Kier alpha value is -3.93. The number of rotatable bonds is 14. The molecular formula is C31H35F3N2O7. The highest BCUT2D eigenvalue weighted by atomic mass is 19.3. The molecule has 2 atom stereocenters. The number of benzene rings is 2. The zero-order chi connectivity index (χ0) is 31.2. The second-order valence-corrected chi connectivity index (χ2v) is 10.9. The Morgan fingerprint density at radius 1 is 0.977 bits per heavy atom. The van der Waals surface area contributed by atoms with Crippen molar-refractivity contribution in [2.24, 2.45) is 0 Å². The average Bonchev–Trinajstić information content (AvgIpc) is 3.46. The van der Waals surface area contributed by atoms with Gasteiger partial charge in [0.2, 0.25) is 5.91 Å². The second-order valence-electron chi connectivity index (χ2n) is 10.9. The van der Waals surface area contributed by atoms with E-state index in [2.05, 4.69) is 10.1 Å². The van der Waals surface area contributed by atoms with Gasteiger partial charge in [-0.25, -0.2) is 9.18 Å². The van der Waals surface area contributed by atoms with Crippen LogP contribution >= 0.6 is 0 Å². The molecule has 0 spiro atoms. The fraction of sp³-hybridized carbons (Fsp3) is 0.484. The van der Waals surface area contributed by atoms with E-state index in [4.69, 9.17) is 4.74 Å². The first-order valence-corrected chi connectivity index (χ1v) is 14.2. The minimum atomic E-state index is -3.20. The van der Waals surface area contributed by atoms with Crippen LogP contribution in [0.25, 0.3) is 11.1 Å². The van der Waals surface area contributed by atoms with Gasteiger partial charge in [0.25, 0.3) is 11.8 Å². The maximum atomic E-state index is 15.5. The lowest BCUT2D eigenvalue weighted by atomic mass is 10.0. The number of alkyl halides is 3. The molecule has 2 aromatic carbocycles. The SMILES string of the molecule is COC(=O)CCCCCCCOC[C@@]1(F)C[C@@H](C(=O)O)N(C(=O)CNC(=O)c2ccc3c(c2)-c2ccccc2C3(F)F)C1. The lowest BCUT2D eigenvalue weighted by Gasteiger charge is -2.22. The molecular weight excluding hydrogens is 569 g/mol. The molecule has 1 heterocycles. The Morgan fingerprint density at radius 3 is 2.42 bits per heavy atom. The third kappa shape index (κ3) is 7.35. The van der Waals surface area contributed by atoms with Gasteiger partial charge in [-0.15, -0.1) is 0 Å². The minimum absolute atomic E-state index is 0.0481. The van der Waals surface area contributed by atoms with Crippen molar-refractivity contribution in [2.75, 3.05) is 33.4 Å². The van der Waals surface area contributed by atoms with Crippen LogP contribution in [0.1, 0.15) is 66.4 Å². The summed E-state index contributed by atoms with van der Waals surface area (Å²) in [5.74, 6) is -6.32. The molecule has 232 valence electrons. The van der Waals surface area contributed by atoms with E-state index in [1.807, 2.05) is 0 Å². The van der Waals surface area contributed by atoms with Crippen LogP contribution in [0.5, 0.6) is 0 Å². The lowest BCUT2D eigenvalue weighted by molar-refractivity contribution is -0.147. The second kappa shape index (κ2) is 13.6. The zero-order valence-electron chi connectivity index (χ0n) is 23.9. The minimum Gasteiger partial charge on any atom is -0.480 e. The summed E-state index contributed by atoms with van der Waals surface area (Å²) >= 11 is 0. The van der Waals surface area contributed by atoms with Crippen LogP contribution in [0.2, 0.25) is 0 Å². The zero-order valence-corrected chi connectivity index (χ0v) is 23.9. The van der Waals surface area contributed by atoms with Crippen LogP contribution in [0.4, 0.5) is 13.2 Å². The summed E-state index contributed by atoms with van der Waals surface area (Å²) in [5, 5.41) is 12.0. The summed E-state index contributed by atoms with van der Waals surface area (Å²) in [6.45, 7) is -1.21. The summed E-state index contributed by atoms with van der Waals surface area (Å²) in [5.41, 5.74) is -1.87. The molecule has 1 aliphatic heterocycles. The molecule has 0 saturated carbocycles. The maximum absolute atomic E-state index is 15.5. The van der Waals surface area contributed by atoms with Gasteiger partial charge < -0.3 is 24.8 Å². The number of halogens is 3. The van der Waals surface area contributed by atoms with Gasteiger partial charge in [-0.2, -0.15) is 8.78 Å². The van der Waals surface area contributed by atoms with Crippen LogP contribution < -0.4 is 5.32 Å². The Labute approximate surface area is 247 Å². The third-order valence-corrected chi connectivity index (χ3v) is 7.83. The van der Waals surface area contributed by atoms with E-state index >= 15 is 4.39 Å². The van der Waals surface area contributed by atoms with Gasteiger partial charge in [-0.05, 0) is 36.1 Å². The van der Waals surface area contributed by atoms with Crippen LogP contribution in [0, 0.1) is 0 Å². The Balaban J connectivity index is 1.26. The molecule has 2 aromatic rings. The van der Waals surface area contributed by atoms with E-state index in [0.717, 1.165) is 30.6 Å². The fourth-order valence-electron chi connectivity index (χ4n) is 5.56. The number of likely N-dealkylation sites (tertiary alicyclic amines) is 1. The Morgan fingerprint density at radius 2 is 1.67 bits per heavy atom. The number of amides is 2. The predicted octanol–water partition coefficient (Wildman–Crippen LogP) is 4.46. The molecule has 0 bridgehead atoms. The number of aliphatic carboxylic acids is 1. The summed E-state index contributed by atoms with van der Waals surface area (Å²) in [6.07, 6.45) is 3.86. The van der Waals surface area contributed by atoms with Crippen molar-refractivity contribution in [3.05, 3.63) is 59.2 Å². The molecule has 1 aliphatic carbocycles. The first-order chi connectivity index (χ1) is 20.5. The van der Waals surface area contributed by atoms with Crippen LogP contribution in [-0.4, -0.2) is 78.9 Å². The number of nitrogens with zero attached hydrogens (tertiary/aromatic N) is 1. The number of carbonyl (C=O) groups excluding carboxylic acids is 3. The summed E-state index contributed by atoms with van der Waals surface area (Å²) in [6, 6.07) is 8.33. The van der Waals surface area contributed by atoms with E-state index in [1.165, 1.54) is 37.4 Å². The average molecular weight is 605 g/mol. The smallest absolute Gasteiger partial charge is 0.326 e. The highest BCUT2D eigenvalue weighted by Crippen LogP contribution is 2.50. The monoisotopic (exact) mass is 604 g/mol. The first kappa shape index (κ1) is 32.0. The Kier molecular flexibility index (Phi) is 10.1. The van der Waals surface area contributed by atoms with Gasteiger partial charge in [-0.1, -0.05) is 49.6 Å². The van der Waals surface area contributed by atoms with Crippen molar-refractivity contribution in [2.45, 2.75) is 62.6 Å². The highest BCUT2D eigenvalue weighted by molar-refractivity contribution is 5.99. The first-order valence-electron chi connectivity index (χ1n) is 14.2. The van der Waals surface area contributed by atoms with Crippen LogP contribution in [0.3, 0.4) is 0 Å². The van der Waals surface area contributed by atoms with E-state index in [-0.39, 0.29) is 41.4 Å². The van der Waals surface area contributed by atoms with Crippen molar-refractivity contribution in [3.63, 3.8) is 0 Å². The molecule has 1 fully saturated rings. The van der Waals surface area contributed by atoms with Crippen LogP contribution in [0.15, 0.2) is 42.5 Å². The maximum Gasteiger partial charge on any atom is 0.326 e. The van der Waals surface area contributed by atoms with Gasteiger partial charge in [-0.3, -0.25) is 14.4 Å². The molecule has 9 nitrogen and oxygen atoms in total. The summed E-state index contributed by atoms with van der Waals surface area (Å²) in [7, 11) is 1.35. The molecule has 43 heavy (non-hydrogen) atoms. The number of esters is 1. The standard InChI is InChI=1S/C31H35F3N2O7/c1-42-27(38)11-5-3-2-4-8-14-43-19-30(32)16-25(29(40)41)36(18-30)26(37)17-35-28(39)20-12-13-24-22(15-20)21-9-6-7-10-23(21)31(24,33)34/h6-7,9-10,12-13,15,25H,2-5,8,11,14,16-19H2,1H3,(H,35,39)(H,40,41)/t25-,30+/m0/s1. The predicted molar refractivity (Wildman–Crippen MR) is 149 cm³/mol.